The van der Waals surface area contributed by atoms with E-state index >= 15 is 0 Å². The summed E-state index contributed by atoms with van der Waals surface area (Å²) in [5, 5.41) is 13.2. The summed E-state index contributed by atoms with van der Waals surface area (Å²) in [5.74, 6) is 2.90. The van der Waals surface area contributed by atoms with E-state index in [1.165, 1.54) is 5.56 Å². The maximum atomic E-state index is 5.32. The molecule has 0 atom stereocenters. The lowest BCUT2D eigenvalue weighted by Gasteiger charge is -2.02. The van der Waals surface area contributed by atoms with Gasteiger partial charge in [0.1, 0.15) is 5.82 Å². The highest BCUT2D eigenvalue weighted by Gasteiger charge is 2.11. The van der Waals surface area contributed by atoms with Gasteiger partial charge in [-0.1, -0.05) is 47.3 Å². The molecule has 0 unspecified atom stereocenters. The van der Waals surface area contributed by atoms with Gasteiger partial charge in [0.15, 0.2) is 11.0 Å². The first-order valence-corrected chi connectivity index (χ1v) is 8.63. The van der Waals surface area contributed by atoms with Crippen LogP contribution in [-0.4, -0.2) is 24.9 Å². The van der Waals surface area contributed by atoms with E-state index in [0.29, 0.717) is 11.6 Å². The van der Waals surface area contributed by atoms with Gasteiger partial charge in [-0.25, -0.2) is 0 Å². The molecule has 2 heterocycles. The maximum Gasteiger partial charge on any atom is 0.237 e. The molecule has 0 amide bonds. The van der Waals surface area contributed by atoms with Crippen molar-refractivity contribution in [1.29, 1.82) is 0 Å². The van der Waals surface area contributed by atoms with Gasteiger partial charge >= 0.3 is 0 Å². The number of thioether (sulfide) groups is 1. The van der Waals surface area contributed by atoms with Crippen LogP contribution in [0.5, 0.6) is 0 Å². The van der Waals surface area contributed by atoms with Gasteiger partial charge in [0, 0.05) is 13.0 Å². The Morgan fingerprint density at radius 2 is 1.96 bits per heavy atom. The number of hydrogen-bond acceptors (Lipinski definition) is 6. The van der Waals surface area contributed by atoms with Crippen LogP contribution in [0.2, 0.25) is 0 Å². The van der Waals surface area contributed by atoms with Crippen LogP contribution in [0.15, 0.2) is 40.0 Å². The molecule has 3 aromatic rings. The molecule has 120 valence electrons. The summed E-state index contributed by atoms with van der Waals surface area (Å²) in [6, 6.07) is 10.3. The van der Waals surface area contributed by atoms with Gasteiger partial charge in [-0.05, 0) is 25.8 Å². The van der Waals surface area contributed by atoms with Crippen LogP contribution in [0, 0.1) is 6.92 Å². The number of benzene rings is 1. The lowest BCUT2D eigenvalue weighted by molar-refractivity contribution is 0.384. The third kappa shape index (κ3) is 3.98. The summed E-state index contributed by atoms with van der Waals surface area (Å²) < 4.78 is 7.38. The SMILES string of the molecule is CCn1c(C)nnc1SCc1nc(CCc2ccccc2)no1. The third-order valence-electron chi connectivity index (χ3n) is 3.53. The smallest absolute Gasteiger partial charge is 0.237 e. The predicted octanol–water partition coefficient (Wildman–Crippen LogP) is 3.07. The van der Waals surface area contributed by atoms with E-state index in [2.05, 4.69) is 44.0 Å². The van der Waals surface area contributed by atoms with Crippen molar-refractivity contribution in [3.8, 4) is 0 Å². The lowest BCUT2D eigenvalue weighted by Crippen LogP contribution is -1.99. The van der Waals surface area contributed by atoms with E-state index in [0.717, 1.165) is 36.2 Å². The van der Waals surface area contributed by atoms with Crippen LogP contribution < -0.4 is 0 Å². The Balaban J connectivity index is 1.55. The Morgan fingerprint density at radius 1 is 1.13 bits per heavy atom. The Kier molecular flexibility index (Phi) is 5.07. The van der Waals surface area contributed by atoms with Crippen molar-refractivity contribution in [2.45, 2.75) is 44.1 Å². The number of nitrogens with zero attached hydrogens (tertiary/aromatic N) is 5. The zero-order valence-corrected chi connectivity index (χ0v) is 14.1. The Morgan fingerprint density at radius 3 is 2.74 bits per heavy atom. The molecule has 23 heavy (non-hydrogen) atoms. The van der Waals surface area contributed by atoms with Gasteiger partial charge in [0.25, 0.3) is 0 Å². The van der Waals surface area contributed by atoms with Gasteiger partial charge in [-0.15, -0.1) is 10.2 Å². The molecule has 0 radical (unpaired) electrons. The van der Waals surface area contributed by atoms with Crippen LogP contribution >= 0.6 is 11.8 Å². The molecule has 0 aliphatic heterocycles. The minimum Gasteiger partial charge on any atom is -0.338 e. The minimum atomic E-state index is 0.608. The van der Waals surface area contributed by atoms with Crippen molar-refractivity contribution in [2.24, 2.45) is 0 Å². The normalized spacial score (nSPS) is 11.0. The summed E-state index contributed by atoms with van der Waals surface area (Å²) >= 11 is 1.57. The van der Waals surface area contributed by atoms with Crippen molar-refractivity contribution < 1.29 is 4.52 Å². The van der Waals surface area contributed by atoms with Crippen molar-refractivity contribution >= 4 is 11.8 Å². The first-order valence-electron chi connectivity index (χ1n) is 7.64. The molecule has 0 bridgehead atoms. The van der Waals surface area contributed by atoms with E-state index in [9.17, 15) is 0 Å². The molecular weight excluding hydrogens is 310 g/mol. The van der Waals surface area contributed by atoms with Crippen LogP contribution in [0.25, 0.3) is 0 Å². The van der Waals surface area contributed by atoms with Crippen LogP contribution in [0.3, 0.4) is 0 Å². The molecule has 6 nitrogen and oxygen atoms in total. The molecule has 0 aliphatic carbocycles. The first-order chi connectivity index (χ1) is 11.3. The maximum absolute atomic E-state index is 5.32. The van der Waals surface area contributed by atoms with E-state index in [4.69, 9.17) is 4.52 Å². The first kappa shape index (κ1) is 15.7. The quantitative estimate of drug-likeness (QED) is 0.621. The number of aryl methyl sites for hydroxylation is 3. The number of rotatable bonds is 7. The second-order valence-corrected chi connectivity index (χ2v) is 6.10. The van der Waals surface area contributed by atoms with Gasteiger partial charge in [-0.2, -0.15) is 4.98 Å². The predicted molar refractivity (Wildman–Crippen MR) is 88.1 cm³/mol. The molecule has 0 spiro atoms. The second kappa shape index (κ2) is 7.41. The standard InChI is InChI=1S/C16H19N5OS/c1-3-21-12(2)18-19-16(21)23-11-15-17-14(20-22-15)10-9-13-7-5-4-6-8-13/h4-8H,3,9-11H2,1-2H3. The number of aromatic nitrogens is 5. The molecule has 0 aliphatic rings. The fourth-order valence-corrected chi connectivity index (χ4v) is 3.20. The van der Waals surface area contributed by atoms with Crippen molar-refractivity contribution in [3.63, 3.8) is 0 Å². The molecule has 2 aromatic heterocycles. The summed E-state index contributed by atoms with van der Waals surface area (Å²) in [6.45, 7) is 4.89. The summed E-state index contributed by atoms with van der Waals surface area (Å²) in [6.07, 6.45) is 1.69. The van der Waals surface area contributed by atoms with E-state index in [-0.39, 0.29) is 0 Å². The molecule has 0 saturated carbocycles. The zero-order valence-electron chi connectivity index (χ0n) is 13.3. The van der Waals surface area contributed by atoms with Gasteiger partial charge in [0.2, 0.25) is 5.89 Å². The molecular formula is C16H19N5OS. The van der Waals surface area contributed by atoms with Crippen molar-refractivity contribution in [1.82, 2.24) is 24.9 Å². The fourth-order valence-electron chi connectivity index (χ4n) is 2.31. The Labute approximate surface area is 139 Å². The molecule has 7 heteroatoms. The largest absolute Gasteiger partial charge is 0.338 e. The average Bonchev–Trinajstić information content (AvgIpc) is 3.18. The highest BCUT2D eigenvalue weighted by atomic mass is 32.2. The summed E-state index contributed by atoms with van der Waals surface area (Å²) in [5.41, 5.74) is 1.28. The Hall–Kier alpha value is -2.15. The zero-order chi connectivity index (χ0) is 16.1. The van der Waals surface area contributed by atoms with E-state index in [1.54, 1.807) is 11.8 Å². The van der Waals surface area contributed by atoms with E-state index in [1.807, 2.05) is 25.1 Å². The minimum absolute atomic E-state index is 0.608. The van der Waals surface area contributed by atoms with Gasteiger partial charge < -0.3 is 9.09 Å². The average molecular weight is 329 g/mol. The molecule has 0 N–H and O–H groups in total. The Bertz CT molecular complexity index is 753. The molecule has 3 rings (SSSR count). The lowest BCUT2D eigenvalue weighted by atomic mass is 10.1. The van der Waals surface area contributed by atoms with Gasteiger partial charge in [-0.3, -0.25) is 0 Å². The highest BCUT2D eigenvalue weighted by Crippen LogP contribution is 2.21. The fraction of sp³-hybridized carbons (Fsp3) is 0.375. The molecule has 1 aromatic carbocycles. The molecule has 0 saturated heterocycles. The summed E-state index contributed by atoms with van der Waals surface area (Å²) in [7, 11) is 0. The monoisotopic (exact) mass is 329 g/mol. The highest BCUT2D eigenvalue weighted by molar-refractivity contribution is 7.98. The van der Waals surface area contributed by atoms with Gasteiger partial charge in [0.05, 0.1) is 5.75 Å². The van der Waals surface area contributed by atoms with Crippen LogP contribution in [0.4, 0.5) is 0 Å². The molecule has 0 fully saturated rings. The van der Waals surface area contributed by atoms with Crippen molar-refractivity contribution in [2.75, 3.05) is 0 Å². The number of hydrogen-bond donors (Lipinski definition) is 0. The summed E-state index contributed by atoms with van der Waals surface area (Å²) in [4.78, 5) is 4.45. The van der Waals surface area contributed by atoms with Crippen LogP contribution in [-0.2, 0) is 25.1 Å². The second-order valence-electron chi connectivity index (χ2n) is 5.15. The van der Waals surface area contributed by atoms with E-state index < -0.39 is 0 Å². The van der Waals surface area contributed by atoms with Crippen LogP contribution in [0.1, 0.15) is 30.0 Å². The van der Waals surface area contributed by atoms with Crippen molar-refractivity contribution in [3.05, 3.63) is 53.4 Å². The topological polar surface area (TPSA) is 69.6 Å². The third-order valence-corrected chi connectivity index (χ3v) is 4.48.